The van der Waals surface area contributed by atoms with Gasteiger partial charge in [-0.15, -0.1) is 0 Å². The summed E-state index contributed by atoms with van der Waals surface area (Å²) in [7, 11) is -6.02. The van der Waals surface area contributed by atoms with E-state index in [9.17, 15) is 23.7 Å². The molecule has 3 N–H and O–H groups in total. The monoisotopic (exact) mass is 372 g/mol. The number of aliphatic hydroxyl groups is 3. The summed E-state index contributed by atoms with van der Waals surface area (Å²) in [6.07, 6.45) is -6.50. The maximum absolute atomic E-state index is 11.1. The molecule has 0 unspecified atom stereocenters. The van der Waals surface area contributed by atoms with Crippen LogP contribution in [0.2, 0.25) is 18.1 Å². The first-order chi connectivity index (χ1) is 10.2. The smallest absolute Gasteiger partial charge is 0.264 e. The summed E-state index contributed by atoms with van der Waals surface area (Å²) in [5.41, 5.74) is 0. The first-order valence-electron chi connectivity index (χ1n) is 7.37. The van der Waals surface area contributed by atoms with Gasteiger partial charge in [0.25, 0.3) is 10.1 Å². The molecule has 0 saturated carbocycles. The molecule has 0 aromatic carbocycles. The minimum Gasteiger partial charge on any atom is -0.414 e. The van der Waals surface area contributed by atoms with Crippen LogP contribution in [0.3, 0.4) is 0 Å². The second-order valence-electron chi connectivity index (χ2n) is 7.38. The summed E-state index contributed by atoms with van der Waals surface area (Å²) in [4.78, 5) is 0. The fraction of sp³-hybridized carbons (Fsp3) is 1.00. The summed E-state index contributed by atoms with van der Waals surface area (Å²) in [6, 6.07) is 0. The largest absolute Gasteiger partial charge is 0.414 e. The van der Waals surface area contributed by atoms with Gasteiger partial charge in [-0.25, -0.2) is 0 Å². The molecule has 10 heteroatoms. The molecule has 0 spiro atoms. The Hall–Kier alpha value is -0.0731. The Balaban J connectivity index is 2.75. The van der Waals surface area contributed by atoms with Crippen LogP contribution in [0.5, 0.6) is 0 Å². The van der Waals surface area contributed by atoms with E-state index in [1.165, 1.54) is 0 Å². The van der Waals surface area contributed by atoms with Gasteiger partial charge < -0.3 is 24.5 Å². The lowest BCUT2D eigenvalue weighted by molar-refractivity contribution is -0.279. The van der Waals surface area contributed by atoms with Gasteiger partial charge >= 0.3 is 0 Å². The number of ether oxygens (including phenoxy) is 1. The third-order valence-electron chi connectivity index (χ3n) is 4.36. The highest BCUT2D eigenvalue weighted by atomic mass is 32.2. The summed E-state index contributed by atoms with van der Waals surface area (Å²) in [6.45, 7) is 10.2. The van der Waals surface area contributed by atoms with Gasteiger partial charge in [-0.3, -0.25) is 4.18 Å². The van der Waals surface area contributed by atoms with E-state index in [4.69, 9.17) is 9.16 Å². The van der Waals surface area contributed by atoms with Gasteiger partial charge in [-0.1, -0.05) is 20.8 Å². The molecule has 0 aromatic rings. The molecule has 1 rings (SSSR count). The Bertz CT molecular complexity index is 501. The zero-order valence-electron chi connectivity index (χ0n) is 14.4. The van der Waals surface area contributed by atoms with Crippen molar-refractivity contribution in [1.29, 1.82) is 0 Å². The fourth-order valence-electron chi connectivity index (χ4n) is 1.87. The predicted octanol–water partition coefficient (Wildman–Crippen LogP) is -0.208. The van der Waals surface area contributed by atoms with Crippen molar-refractivity contribution in [1.82, 2.24) is 0 Å². The molecule has 0 aromatic heterocycles. The van der Waals surface area contributed by atoms with Crippen LogP contribution in [0.1, 0.15) is 20.8 Å². The number of hydrogen-bond donors (Lipinski definition) is 3. The SMILES string of the molecule is CC(C)(C)[Si](C)(C)OC[C@H]1O[C@H](O)[C@H](OS(C)(=O)=O)[C@@H](O)[C@H]1O. The highest BCUT2D eigenvalue weighted by Gasteiger charge is 2.47. The molecular formula is C13H28O8SSi. The lowest BCUT2D eigenvalue weighted by Gasteiger charge is -2.42. The van der Waals surface area contributed by atoms with Gasteiger partial charge in [-0.2, -0.15) is 8.42 Å². The van der Waals surface area contributed by atoms with Crippen molar-refractivity contribution >= 4 is 18.4 Å². The van der Waals surface area contributed by atoms with E-state index in [2.05, 4.69) is 25.0 Å². The van der Waals surface area contributed by atoms with Crippen molar-refractivity contribution in [2.45, 2.75) is 69.6 Å². The predicted molar refractivity (Wildman–Crippen MR) is 85.8 cm³/mol. The molecule has 1 fully saturated rings. The molecule has 0 amide bonds. The van der Waals surface area contributed by atoms with E-state index in [-0.39, 0.29) is 11.6 Å². The minimum absolute atomic E-state index is 0.0165. The Labute approximate surface area is 138 Å². The van der Waals surface area contributed by atoms with Crippen LogP contribution < -0.4 is 0 Å². The first-order valence-corrected chi connectivity index (χ1v) is 12.1. The van der Waals surface area contributed by atoms with Crippen LogP contribution >= 0.6 is 0 Å². The van der Waals surface area contributed by atoms with Crippen molar-refractivity contribution in [2.24, 2.45) is 0 Å². The molecule has 0 radical (unpaired) electrons. The maximum Gasteiger partial charge on any atom is 0.264 e. The fourth-order valence-corrected chi connectivity index (χ4v) is 3.50. The van der Waals surface area contributed by atoms with Gasteiger partial charge in [0.1, 0.15) is 18.3 Å². The molecular weight excluding hydrogens is 344 g/mol. The number of rotatable bonds is 5. The van der Waals surface area contributed by atoms with Gasteiger partial charge in [0.05, 0.1) is 12.9 Å². The van der Waals surface area contributed by atoms with Crippen LogP contribution in [0.4, 0.5) is 0 Å². The summed E-state index contributed by atoms with van der Waals surface area (Å²) in [5, 5.41) is 29.9. The third kappa shape index (κ3) is 5.46. The molecule has 8 nitrogen and oxygen atoms in total. The van der Waals surface area contributed by atoms with E-state index >= 15 is 0 Å². The highest BCUT2D eigenvalue weighted by Crippen LogP contribution is 2.37. The van der Waals surface area contributed by atoms with E-state index in [1.807, 2.05) is 13.1 Å². The maximum atomic E-state index is 11.1. The molecule has 1 aliphatic rings. The van der Waals surface area contributed by atoms with Gasteiger partial charge in [0.15, 0.2) is 20.7 Å². The second-order valence-corrected chi connectivity index (χ2v) is 13.8. The topological polar surface area (TPSA) is 123 Å². The van der Waals surface area contributed by atoms with Crippen molar-refractivity contribution < 1.29 is 37.1 Å². The van der Waals surface area contributed by atoms with Crippen LogP contribution in [0, 0.1) is 0 Å². The van der Waals surface area contributed by atoms with E-state index in [0.29, 0.717) is 0 Å². The quantitative estimate of drug-likeness (QED) is 0.448. The average Bonchev–Trinajstić information content (AvgIpc) is 2.35. The zero-order valence-corrected chi connectivity index (χ0v) is 16.2. The van der Waals surface area contributed by atoms with Crippen LogP contribution in [0.25, 0.3) is 0 Å². The van der Waals surface area contributed by atoms with Crippen LogP contribution in [-0.4, -0.2) is 75.6 Å². The standard InChI is InChI=1S/C13H28O8SSi/c1-13(2,3)23(5,6)19-7-8-9(14)10(15)11(12(16)20-8)21-22(4,17)18/h8-12,14-16H,7H2,1-6H3/t8-,9+,10+,11-,12+/m1/s1. The molecule has 0 bridgehead atoms. The lowest BCUT2D eigenvalue weighted by Crippen LogP contribution is -2.60. The third-order valence-corrected chi connectivity index (χ3v) is 9.44. The summed E-state index contributed by atoms with van der Waals surface area (Å²) < 4.78 is 38.0. The molecule has 23 heavy (non-hydrogen) atoms. The highest BCUT2D eigenvalue weighted by molar-refractivity contribution is 7.86. The number of aliphatic hydroxyl groups excluding tert-OH is 3. The van der Waals surface area contributed by atoms with E-state index in [1.54, 1.807) is 0 Å². The second kappa shape index (κ2) is 7.04. The minimum atomic E-state index is -3.92. The average molecular weight is 373 g/mol. The molecule has 138 valence electrons. The molecule has 5 atom stereocenters. The molecule has 1 heterocycles. The first kappa shape index (κ1) is 21.0. The van der Waals surface area contributed by atoms with E-state index in [0.717, 1.165) is 6.26 Å². The Kier molecular flexibility index (Phi) is 6.42. The zero-order chi connectivity index (χ0) is 18.2. The van der Waals surface area contributed by atoms with Crippen LogP contribution in [0.15, 0.2) is 0 Å². The molecule has 1 saturated heterocycles. The van der Waals surface area contributed by atoms with Crippen molar-refractivity contribution in [3.05, 3.63) is 0 Å². The van der Waals surface area contributed by atoms with Gasteiger partial charge in [-0.05, 0) is 18.1 Å². The molecule has 0 aliphatic carbocycles. The Morgan fingerprint density at radius 1 is 1.13 bits per heavy atom. The molecule has 1 aliphatic heterocycles. The summed E-state index contributed by atoms with van der Waals surface area (Å²) >= 11 is 0. The number of hydrogen-bond acceptors (Lipinski definition) is 8. The lowest BCUT2D eigenvalue weighted by atomic mass is 9.99. The summed E-state index contributed by atoms with van der Waals surface area (Å²) in [5.74, 6) is 0. The van der Waals surface area contributed by atoms with Crippen molar-refractivity contribution in [2.75, 3.05) is 12.9 Å². The van der Waals surface area contributed by atoms with Gasteiger partial charge in [0.2, 0.25) is 0 Å². The van der Waals surface area contributed by atoms with Gasteiger partial charge in [0, 0.05) is 0 Å². The van der Waals surface area contributed by atoms with Crippen molar-refractivity contribution in [3.8, 4) is 0 Å². The van der Waals surface area contributed by atoms with Crippen LogP contribution in [-0.2, 0) is 23.5 Å². The Morgan fingerprint density at radius 3 is 2.09 bits per heavy atom. The van der Waals surface area contributed by atoms with E-state index < -0.39 is 49.1 Å². The normalized spacial score (nSPS) is 33.7. The Morgan fingerprint density at radius 2 is 1.65 bits per heavy atom. The van der Waals surface area contributed by atoms with Crippen molar-refractivity contribution in [3.63, 3.8) is 0 Å².